The van der Waals surface area contributed by atoms with E-state index in [9.17, 15) is 4.79 Å². The molecule has 1 rings (SSSR count). The van der Waals surface area contributed by atoms with E-state index >= 15 is 0 Å². The number of pyridine rings is 1. The Bertz CT molecular complexity index is 470. The predicted molar refractivity (Wildman–Crippen MR) is 88.6 cm³/mol. The van der Waals surface area contributed by atoms with Crippen molar-refractivity contribution in [3.8, 4) is 0 Å². The Morgan fingerprint density at radius 1 is 1.38 bits per heavy atom. The van der Waals surface area contributed by atoms with E-state index in [4.69, 9.17) is 23.2 Å². The lowest BCUT2D eigenvalue weighted by molar-refractivity contribution is -0.126. The first-order valence-corrected chi connectivity index (χ1v) is 7.91. The van der Waals surface area contributed by atoms with Gasteiger partial charge in [-0.15, -0.1) is 11.6 Å². The average molecular weight is 329 g/mol. The van der Waals surface area contributed by atoms with Gasteiger partial charge in [0.05, 0.1) is 0 Å². The lowest BCUT2D eigenvalue weighted by Crippen LogP contribution is -2.31. The van der Waals surface area contributed by atoms with Gasteiger partial charge in [0.25, 0.3) is 0 Å². The largest absolute Gasteiger partial charge is 0.335 e. The fourth-order valence-corrected chi connectivity index (χ4v) is 1.91. The molecule has 3 nitrogen and oxygen atoms in total. The molecule has 1 heterocycles. The quantitative estimate of drug-likeness (QED) is 0.425. The van der Waals surface area contributed by atoms with Crippen molar-refractivity contribution in [2.24, 2.45) is 5.92 Å². The summed E-state index contributed by atoms with van der Waals surface area (Å²) in [5.41, 5.74) is 0.962. The Hall–Kier alpha value is -1.06. The number of hydrogen-bond acceptors (Lipinski definition) is 2. The molecule has 5 heteroatoms. The number of rotatable bonds is 7. The minimum atomic E-state index is -0.155. The van der Waals surface area contributed by atoms with Crippen molar-refractivity contribution in [1.29, 1.82) is 0 Å². The molecule has 0 saturated heterocycles. The number of nitrogens with zero attached hydrogens (tertiary/aromatic N) is 2. The molecular formula is C16H22Cl2N2O. The number of halogens is 2. The topological polar surface area (TPSA) is 33.2 Å². The van der Waals surface area contributed by atoms with Gasteiger partial charge in [0.2, 0.25) is 5.91 Å². The molecule has 116 valence electrons. The van der Waals surface area contributed by atoms with Gasteiger partial charge in [-0.1, -0.05) is 37.6 Å². The van der Waals surface area contributed by atoms with Gasteiger partial charge in [0.15, 0.2) is 0 Å². The highest BCUT2D eigenvalue weighted by atomic mass is 35.5. The van der Waals surface area contributed by atoms with Crippen LogP contribution < -0.4 is 0 Å². The molecule has 1 amide bonds. The molecule has 0 radical (unpaired) electrons. The van der Waals surface area contributed by atoms with Crippen LogP contribution >= 0.6 is 23.2 Å². The molecule has 1 aromatic heterocycles. The maximum atomic E-state index is 12.3. The number of allylic oxidation sites excluding steroid dienone is 1. The lowest BCUT2D eigenvalue weighted by Gasteiger charge is -2.22. The Kier molecular flexibility index (Phi) is 7.76. The van der Waals surface area contributed by atoms with Crippen LogP contribution in [0.25, 0.3) is 0 Å². The Labute approximate surface area is 137 Å². The second kappa shape index (κ2) is 9.06. The molecule has 0 bridgehead atoms. The van der Waals surface area contributed by atoms with Crippen LogP contribution in [-0.4, -0.2) is 27.7 Å². The molecular weight excluding hydrogens is 307 g/mol. The zero-order chi connectivity index (χ0) is 15.8. The second-order valence-electron chi connectivity index (χ2n) is 5.47. The number of carbonyl (C=O) groups is 1. The van der Waals surface area contributed by atoms with E-state index in [1.165, 1.54) is 0 Å². The molecule has 0 N–H and O–H groups in total. The van der Waals surface area contributed by atoms with Crippen LogP contribution in [-0.2, 0) is 11.3 Å². The summed E-state index contributed by atoms with van der Waals surface area (Å²) < 4.78 is 0. The second-order valence-corrected chi connectivity index (χ2v) is 6.54. The highest BCUT2D eigenvalue weighted by molar-refractivity contribution is 6.29. The van der Waals surface area contributed by atoms with E-state index in [1.807, 2.05) is 13.0 Å². The fourth-order valence-electron chi connectivity index (χ4n) is 1.72. The summed E-state index contributed by atoms with van der Waals surface area (Å²) in [6.45, 7) is 7.34. The number of amides is 1. The van der Waals surface area contributed by atoms with Crippen LogP contribution in [0.4, 0.5) is 0 Å². The summed E-state index contributed by atoms with van der Waals surface area (Å²) >= 11 is 11.6. The molecule has 1 unspecified atom stereocenters. The van der Waals surface area contributed by atoms with Gasteiger partial charge < -0.3 is 4.90 Å². The van der Waals surface area contributed by atoms with Crippen LogP contribution in [0.5, 0.6) is 0 Å². The molecule has 0 aliphatic heterocycles. The summed E-state index contributed by atoms with van der Waals surface area (Å²) in [6, 6.07) is 3.62. The predicted octanol–water partition coefficient (Wildman–Crippen LogP) is 4.29. The number of carbonyl (C=O) groups excluding carboxylic acids is 1. The maximum Gasteiger partial charge on any atom is 0.246 e. The third-order valence-electron chi connectivity index (χ3n) is 2.95. The Morgan fingerprint density at radius 2 is 2.10 bits per heavy atom. The van der Waals surface area contributed by atoms with Crippen molar-refractivity contribution < 1.29 is 4.79 Å². The van der Waals surface area contributed by atoms with Crippen LogP contribution in [0.3, 0.4) is 0 Å². The highest BCUT2D eigenvalue weighted by Gasteiger charge is 2.12. The van der Waals surface area contributed by atoms with Gasteiger partial charge >= 0.3 is 0 Å². The lowest BCUT2D eigenvalue weighted by atomic mass is 10.1. The summed E-state index contributed by atoms with van der Waals surface area (Å²) in [7, 11) is 0. The van der Waals surface area contributed by atoms with Gasteiger partial charge in [0.1, 0.15) is 5.15 Å². The SMILES string of the molecule is CC(Cl)/C=C/C(=O)N(CCC(C)C)Cc1ccc(Cl)nc1. The molecule has 0 aromatic carbocycles. The summed E-state index contributed by atoms with van der Waals surface area (Å²) in [5, 5.41) is 0.299. The first-order chi connectivity index (χ1) is 9.88. The molecule has 0 saturated carbocycles. The molecule has 0 fully saturated rings. The van der Waals surface area contributed by atoms with Crippen molar-refractivity contribution in [1.82, 2.24) is 9.88 Å². The van der Waals surface area contributed by atoms with Gasteiger partial charge in [-0.2, -0.15) is 0 Å². The summed E-state index contributed by atoms with van der Waals surface area (Å²) in [5.74, 6) is 0.512. The van der Waals surface area contributed by atoms with Crippen molar-refractivity contribution in [3.63, 3.8) is 0 Å². The van der Waals surface area contributed by atoms with E-state index in [2.05, 4.69) is 18.8 Å². The zero-order valence-corrected chi connectivity index (χ0v) is 14.2. The smallest absolute Gasteiger partial charge is 0.246 e. The monoisotopic (exact) mass is 328 g/mol. The Morgan fingerprint density at radius 3 is 2.62 bits per heavy atom. The maximum absolute atomic E-state index is 12.3. The zero-order valence-electron chi connectivity index (χ0n) is 12.7. The van der Waals surface area contributed by atoms with Crippen LogP contribution in [0.15, 0.2) is 30.5 Å². The van der Waals surface area contributed by atoms with Crippen molar-refractivity contribution >= 4 is 29.1 Å². The van der Waals surface area contributed by atoms with E-state index in [1.54, 1.807) is 29.3 Å². The van der Waals surface area contributed by atoms with Crippen molar-refractivity contribution in [3.05, 3.63) is 41.2 Å². The molecule has 1 atom stereocenters. The van der Waals surface area contributed by atoms with E-state index in [-0.39, 0.29) is 11.3 Å². The molecule has 21 heavy (non-hydrogen) atoms. The number of alkyl halides is 1. The minimum Gasteiger partial charge on any atom is -0.335 e. The van der Waals surface area contributed by atoms with Gasteiger partial charge in [-0.05, 0) is 30.9 Å². The van der Waals surface area contributed by atoms with Gasteiger partial charge in [-0.25, -0.2) is 4.98 Å². The van der Waals surface area contributed by atoms with E-state index in [0.29, 0.717) is 24.2 Å². The third kappa shape index (κ3) is 7.49. The summed E-state index contributed by atoms with van der Waals surface area (Å²) in [6.07, 6.45) is 5.90. The molecule has 1 aromatic rings. The normalized spacial score (nSPS) is 12.9. The third-order valence-corrected chi connectivity index (χ3v) is 3.32. The average Bonchev–Trinajstić information content (AvgIpc) is 2.42. The number of aromatic nitrogens is 1. The molecule has 0 aliphatic rings. The van der Waals surface area contributed by atoms with Gasteiger partial charge in [0, 0.05) is 30.7 Å². The van der Waals surface area contributed by atoms with E-state index in [0.717, 1.165) is 12.0 Å². The first kappa shape index (κ1) is 18.0. The molecule has 0 aliphatic carbocycles. The summed E-state index contributed by atoms with van der Waals surface area (Å²) in [4.78, 5) is 18.1. The van der Waals surface area contributed by atoms with E-state index < -0.39 is 0 Å². The minimum absolute atomic E-state index is 0.0295. The van der Waals surface area contributed by atoms with Crippen LogP contribution in [0.2, 0.25) is 5.15 Å². The standard InChI is InChI=1S/C16H22Cl2N2O/c1-12(2)8-9-20(16(21)7-4-13(3)17)11-14-5-6-15(18)19-10-14/h4-7,10,12-13H,8-9,11H2,1-3H3/b7-4+. The molecule has 0 spiro atoms. The van der Waals surface area contributed by atoms with Crippen molar-refractivity contribution in [2.45, 2.75) is 39.1 Å². The number of hydrogen-bond donors (Lipinski definition) is 0. The van der Waals surface area contributed by atoms with Crippen LogP contribution in [0, 0.1) is 5.92 Å². The van der Waals surface area contributed by atoms with Crippen molar-refractivity contribution in [2.75, 3.05) is 6.54 Å². The van der Waals surface area contributed by atoms with Crippen LogP contribution in [0.1, 0.15) is 32.8 Å². The van der Waals surface area contributed by atoms with Gasteiger partial charge in [-0.3, -0.25) is 4.79 Å². The fraction of sp³-hybridized carbons (Fsp3) is 0.500. The highest BCUT2D eigenvalue weighted by Crippen LogP contribution is 2.11. The Balaban J connectivity index is 2.75. The first-order valence-electron chi connectivity index (χ1n) is 7.10.